The average Bonchev–Trinajstić information content (AvgIpc) is 3.00. The van der Waals surface area contributed by atoms with Gasteiger partial charge < -0.3 is 10.1 Å². The fourth-order valence-corrected chi connectivity index (χ4v) is 3.24. The molecule has 3 rings (SSSR count). The molecule has 0 atom stereocenters. The standard InChI is InChI=1S/C21H24N2O4/c24-19(9-8-17-6-3-5-16-4-1-2-7-18(16)17)22-12-14-27-15-13-23-20(25)10-11-21(23)26/h1-7H,8-15H2,(H,22,24). The maximum absolute atomic E-state index is 12.0. The summed E-state index contributed by atoms with van der Waals surface area (Å²) in [4.78, 5) is 36.2. The van der Waals surface area contributed by atoms with Crippen molar-refractivity contribution in [3.63, 3.8) is 0 Å². The molecule has 1 N–H and O–H groups in total. The molecule has 1 fully saturated rings. The Morgan fingerprint density at radius 1 is 1.00 bits per heavy atom. The number of nitrogens with one attached hydrogen (secondary N) is 1. The van der Waals surface area contributed by atoms with Gasteiger partial charge in [-0.25, -0.2) is 0 Å². The highest BCUT2D eigenvalue weighted by molar-refractivity contribution is 6.01. The smallest absolute Gasteiger partial charge is 0.229 e. The third-order valence-corrected chi connectivity index (χ3v) is 4.68. The molecular formula is C21H24N2O4. The van der Waals surface area contributed by atoms with Crippen molar-refractivity contribution < 1.29 is 19.1 Å². The van der Waals surface area contributed by atoms with Gasteiger partial charge in [-0.15, -0.1) is 0 Å². The predicted octanol–water partition coefficient (Wildman–Crippen LogP) is 2.05. The summed E-state index contributed by atoms with van der Waals surface area (Å²) in [5.41, 5.74) is 1.17. The zero-order valence-electron chi connectivity index (χ0n) is 15.3. The molecular weight excluding hydrogens is 344 g/mol. The van der Waals surface area contributed by atoms with Crippen LogP contribution in [0.4, 0.5) is 0 Å². The summed E-state index contributed by atoms with van der Waals surface area (Å²) in [6, 6.07) is 14.3. The largest absolute Gasteiger partial charge is 0.378 e. The molecule has 0 aliphatic carbocycles. The molecule has 0 saturated carbocycles. The molecule has 6 nitrogen and oxygen atoms in total. The molecule has 0 aromatic heterocycles. The highest BCUT2D eigenvalue weighted by atomic mass is 16.5. The lowest BCUT2D eigenvalue weighted by molar-refractivity contribution is -0.139. The minimum Gasteiger partial charge on any atom is -0.378 e. The van der Waals surface area contributed by atoms with Crippen molar-refractivity contribution in [1.29, 1.82) is 0 Å². The van der Waals surface area contributed by atoms with E-state index >= 15 is 0 Å². The number of nitrogens with zero attached hydrogens (tertiary/aromatic N) is 1. The molecule has 1 heterocycles. The normalized spacial score (nSPS) is 14.1. The molecule has 1 aliphatic rings. The zero-order valence-corrected chi connectivity index (χ0v) is 15.3. The Bertz CT molecular complexity index is 813. The molecule has 0 spiro atoms. The number of carbonyl (C=O) groups excluding carboxylic acids is 3. The van der Waals surface area contributed by atoms with E-state index in [1.807, 2.05) is 18.2 Å². The molecule has 27 heavy (non-hydrogen) atoms. The van der Waals surface area contributed by atoms with Crippen LogP contribution >= 0.6 is 0 Å². The van der Waals surface area contributed by atoms with E-state index in [4.69, 9.17) is 4.74 Å². The number of carbonyl (C=O) groups is 3. The Balaban J connectivity index is 1.32. The first-order valence-corrected chi connectivity index (χ1v) is 9.29. The van der Waals surface area contributed by atoms with E-state index in [1.54, 1.807) is 0 Å². The Labute approximate surface area is 158 Å². The van der Waals surface area contributed by atoms with Crippen molar-refractivity contribution in [2.75, 3.05) is 26.3 Å². The van der Waals surface area contributed by atoms with E-state index in [9.17, 15) is 14.4 Å². The van der Waals surface area contributed by atoms with Crippen LogP contribution in [-0.4, -0.2) is 48.9 Å². The van der Waals surface area contributed by atoms with Crippen LogP contribution in [0.25, 0.3) is 10.8 Å². The van der Waals surface area contributed by atoms with Crippen LogP contribution in [0.5, 0.6) is 0 Å². The Kier molecular flexibility index (Phi) is 6.54. The van der Waals surface area contributed by atoms with E-state index in [1.165, 1.54) is 21.2 Å². The number of benzene rings is 2. The summed E-state index contributed by atoms with van der Waals surface area (Å²) in [6.07, 6.45) is 1.70. The van der Waals surface area contributed by atoms with Gasteiger partial charge in [0.15, 0.2) is 0 Å². The molecule has 0 bridgehead atoms. The number of likely N-dealkylation sites (tertiary alicyclic amines) is 1. The summed E-state index contributed by atoms with van der Waals surface area (Å²) >= 11 is 0. The highest BCUT2D eigenvalue weighted by Crippen LogP contribution is 2.19. The average molecular weight is 368 g/mol. The lowest BCUT2D eigenvalue weighted by Gasteiger charge is -2.13. The molecule has 1 aliphatic heterocycles. The Morgan fingerprint density at radius 3 is 2.56 bits per heavy atom. The fraction of sp³-hybridized carbons (Fsp3) is 0.381. The second-order valence-corrected chi connectivity index (χ2v) is 6.54. The fourth-order valence-electron chi connectivity index (χ4n) is 3.24. The number of rotatable bonds is 9. The van der Waals surface area contributed by atoms with Crippen molar-refractivity contribution in [1.82, 2.24) is 10.2 Å². The van der Waals surface area contributed by atoms with Gasteiger partial charge in [-0.2, -0.15) is 0 Å². The molecule has 2 aromatic rings. The third-order valence-electron chi connectivity index (χ3n) is 4.68. The molecule has 2 aromatic carbocycles. The number of amides is 3. The Morgan fingerprint density at radius 2 is 1.74 bits per heavy atom. The first-order valence-electron chi connectivity index (χ1n) is 9.29. The molecule has 0 radical (unpaired) electrons. The Hall–Kier alpha value is -2.73. The van der Waals surface area contributed by atoms with Crippen molar-refractivity contribution in [3.8, 4) is 0 Å². The number of aryl methyl sites for hydroxylation is 1. The lowest BCUT2D eigenvalue weighted by atomic mass is 10.0. The van der Waals surface area contributed by atoms with Crippen LogP contribution in [0.2, 0.25) is 0 Å². The van der Waals surface area contributed by atoms with Crippen LogP contribution in [0.1, 0.15) is 24.8 Å². The van der Waals surface area contributed by atoms with Crippen molar-refractivity contribution in [2.24, 2.45) is 0 Å². The van der Waals surface area contributed by atoms with Gasteiger partial charge in [-0.05, 0) is 22.8 Å². The van der Waals surface area contributed by atoms with Gasteiger partial charge in [-0.3, -0.25) is 19.3 Å². The van der Waals surface area contributed by atoms with Gasteiger partial charge in [-0.1, -0.05) is 42.5 Å². The molecule has 0 unspecified atom stereocenters. The number of imide groups is 1. The second kappa shape index (κ2) is 9.28. The minimum atomic E-state index is -0.134. The van der Waals surface area contributed by atoms with Crippen LogP contribution in [0.15, 0.2) is 42.5 Å². The second-order valence-electron chi connectivity index (χ2n) is 6.54. The zero-order chi connectivity index (χ0) is 19.1. The van der Waals surface area contributed by atoms with E-state index in [-0.39, 0.29) is 24.3 Å². The van der Waals surface area contributed by atoms with Crippen LogP contribution in [-0.2, 0) is 25.5 Å². The van der Waals surface area contributed by atoms with Gasteiger partial charge >= 0.3 is 0 Å². The number of hydrogen-bond acceptors (Lipinski definition) is 4. The van der Waals surface area contributed by atoms with Gasteiger partial charge in [0, 0.05) is 25.8 Å². The number of ether oxygens (including phenoxy) is 1. The maximum atomic E-state index is 12.0. The topological polar surface area (TPSA) is 75.7 Å². The quantitative estimate of drug-likeness (QED) is 0.543. The van der Waals surface area contributed by atoms with Crippen LogP contribution in [0, 0.1) is 0 Å². The van der Waals surface area contributed by atoms with E-state index in [0.29, 0.717) is 45.4 Å². The van der Waals surface area contributed by atoms with Gasteiger partial charge in [0.2, 0.25) is 17.7 Å². The minimum absolute atomic E-state index is 0.0172. The summed E-state index contributed by atoms with van der Waals surface area (Å²) in [5, 5.41) is 5.20. The third kappa shape index (κ3) is 5.14. The monoisotopic (exact) mass is 368 g/mol. The number of fused-ring (bicyclic) bond motifs is 1. The van der Waals surface area contributed by atoms with Crippen LogP contribution in [0.3, 0.4) is 0 Å². The highest BCUT2D eigenvalue weighted by Gasteiger charge is 2.28. The van der Waals surface area contributed by atoms with E-state index in [2.05, 4.69) is 29.6 Å². The van der Waals surface area contributed by atoms with E-state index in [0.717, 1.165) is 0 Å². The van der Waals surface area contributed by atoms with Gasteiger partial charge in [0.05, 0.1) is 19.8 Å². The molecule has 3 amide bonds. The van der Waals surface area contributed by atoms with E-state index < -0.39 is 0 Å². The van der Waals surface area contributed by atoms with Gasteiger partial charge in [0.25, 0.3) is 0 Å². The first kappa shape index (κ1) is 19.0. The van der Waals surface area contributed by atoms with Crippen molar-refractivity contribution >= 4 is 28.5 Å². The summed E-state index contributed by atoms with van der Waals surface area (Å²) in [6.45, 7) is 1.35. The predicted molar refractivity (Wildman–Crippen MR) is 102 cm³/mol. The number of hydrogen-bond donors (Lipinski definition) is 1. The summed E-state index contributed by atoms with van der Waals surface area (Å²) in [7, 11) is 0. The van der Waals surface area contributed by atoms with Crippen molar-refractivity contribution in [3.05, 3.63) is 48.0 Å². The SMILES string of the molecule is O=C(CCc1cccc2ccccc12)NCCOCCN1C(=O)CCC1=O. The molecule has 142 valence electrons. The molecule has 1 saturated heterocycles. The molecule has 6 heteroatoms. The van der Waals surface area contributed by atoms with Crippen LogP contribution < -0.4 is 5.32 Å². The summed E-state index contributed by atoms with van der Waals surface area (Å²) in [5.74, 6) is -0.285. The van der Waals surface area contributed by atoms with Gasteiger partial charge in [0.1, 0.15) is 0 Å². The lowest BCUT2D eigenvalue weighted by Crippen LogP contribution is -2.33. The maximum Gasteiger partial charge on any atom is 0.229 e. The van der Waals surface area contributed by atoms with Crippen molar-refractivity contribution in [2.45, 2.75) is 25.7 Å². The first-order chi connectivity index (χ1) is 13.1. The summed E-state index contributed by atoms with van der Waals surface area (Å²) < 4.78 is 5.40.